The van der Waals surface area contributed by atoms with Crippen molar-refractivity contribution in [2.75, 3.05) is 25.5 Å². The summed E-state index contributed by atoms with van der Waals surface area (Å²) in [6.45, 7) is 2.59. The second kappa shape index (κ2) is 8.75. The van der Waals surface area contributed by atoms with Gasteiger partial charge in [0.25, 0.3) is 0 Å². The highest BCUT2D eigenvalue weighted by Gasteiger charge is 2.49. The Morgan fingerprint density at radius 2 is 1.85 bits per heavy atom. The van der Waals surface area contributed by atoms with Crippen LogP contribution in [0.4, 0.5) is 5.69 Å². The van der Waals surface area contributed by atoms with Crippen molar-refractivity contribution in [1.29, 1.82) is 0 Å². The molecule has 2 aliphatic heterocycles. The molecule has 1 aromatic heterocycles. The van der Waals surface area contributed by atoms with Crippen LogP contribution < -0.4 is 14.8 Å². The molecule has 0 radical (unpaired) electrons. The van der Waals surface area contributed by atoms with Crippen LogP contribution in [0.3, 0.4) is 0 Å². The summed E-state index contributed by atoms with van der Waals surface area (Å²) in [6.07, 6.45) is 4.88. The van der Waals surface area contributed by atoms with E-state index in [1.54, 1.807) is 25.6 Å². The molecule has 5 rings (SSSR count). The monoisotopic (exact) mass is 445 g/mol. The van der Waals surface area contributed by atoms with E-state index in [0.29, 0.717) is 43.2 Å². The van der Waals surface area contributed by atoms with Gasteiger partial charge >= 0.3 is 0 Å². The first kappa shape index (κ1) is 21.3. The highest BCUT2D eigenvalue weighted by Crippen LogP contribution is 2.49. The van der Waals surface area contributed by atoms with Crippen LogP contribution in [-0.4, -0.2) is 41.1 Å². The minimum Gasteiger partial charge on any atom is -0.508 e. The number of para-hydroxylation sites is 1. The molecule has 2 aliphatic rings. The number of likely N-dealkylation sites (tertiary alicyclic amines) is 1. The predicted molar refractivity (Wildman–Crippen MR) is 124 cm³/mol. The number of rotatable bonds is 6. The largest absolute Gasteiger partial charge is 0.508 e. The number of phenolic OH excluding ortho intramolecular Hbond substituents is 1. The van der Waals surface area contributed by atoms with E-state index < -0.39 is 5.41 Å². The van der Waals surface area contributed by atoms with E-state index in [2.05, 4.69) is 15.2 Å². The first-order valence-corrected chi connectivity index (χ1v) is 11.1. The van der Waals surface area contributed by atoms with E-state index >= 15 is 0 Å². The van der Waals surface area contributed by atoms with Gasteiger partial charge in [-0.05, 0) is 61.3 Å². The topological polar surface area (TPSA) is 83.9 Å². The van der Waals surface area contributed by atoms with Crippen LogP contribution >= 0.6 is 0 Å². The summed E-state index contributed by atoms with van der Waals surface area (Å²) < 4.78 is 11.6. The van der Waals surface area contributed by atoms with Crippen molar-refractivity contribution < 1.29 is 19.4 Å². The lowest BCUT2D eigenvalue weighted by atomic mass is 9.73. The lowest BCUT2D eigenvalue weighted by molar-refractivity contribution is -0.122. The number of fused-ring (bicyclic) bond motifs is 2. The third kappa shape index (κ3) is 4.00. The summed E-state index contributed by atoms with van der Waals surface area (Å²) in [6, 6.07) is 15.0. The molecule has 33 heavy (non-hydrogen) atoms. The molecule has 0 bridgehead atoms. The Morgan fingerprint density at radius 3 is 2.58 bits per heavy atom. The van der Waals surface area contributed by atoms with Crippen LogP contribution in [0, 0.1) is 0 Å². The number of carbonyl (C=O) groups is 1. The number of pyridine rings is 1. The molecule has 1 fully saturated rings. The standard InChI is InChI=1S/C26H27N3O4/c1-32-23-14-20-21(15-24(23)33-17-18-6-10-27-11-7-18)28-25(31)26(20)8-12-29(13-9-26)16-19-4-2-3-5-22(19)30/h2-7,10-11,14-15,30H,8-9,12-13,16-17H2,1H3,(H,28,31). The number of amides is 1. The van der Waals surface area contributed by atoms with Crippen molar-refractivity contribution in [2.24, 2.45) is 0 Å². The molecule has 170 valence electrons. The number of aromatic hydroxyl groups is 1. The molecule has 3 heterocycles. The minimum absolute atomic E-state index is 0.0352. The number of nitrogens with zero attached hydrogens (tertiary/aromatic N) is 2. The van der Waals surface area contributed by atoms with Crippen LogP contribution in [0.2, 0.25) is 0 Å². The number of nitrogens with one attached hydrogen (secondary N) is 1. The van der Waals surface area contributed by atoms with Crippen LogP contribution in [0.1, 0.15) is 29.5 Å². The maximum absolute atomic E-state index is 13.2. The van der Waals surface area contributed by atoms with Gasteiger partial charge in [0.15, 0.2) is 11.5 Å². The number of methoxy groups -OCH3 is 1. The summed E-state index contributed by atoms with van der Waals surface area (Å²) in [7, 11) is 1.62. The van der Waals surface area contributed by atoms with Crippen molar-refractivity contribution in [3.8, 4) is 17.2 Å². The lowest BCUT2D eigenvalue weighted by Gasteiger charge is -2.38. The fourth-order valence-corrected chi connectivity index (χ4v) is 4.81. The van der Waals surface area contributed by atoms with Crippen molar-refractivity contribution >= 4 is 11.6 Å². The van der Waals surface area contributed by atoms with Gasteiger partial charge in [0.1, 0.15) is 12.4 Å². The van der Waals surface area contributed by atoms with E-state index in [0.717, 1.165) is 35.5 Å². The Labute approximate surface area is 193 Å². The molecule has 7 nitrogen and oxygen atoms in total. The third-order valence-electron chi connectivity index (χ3n) is 6.74. The summed E-state index contributed by atoms with van der Waals surface area (Å²) in [5, 5.41) is 13.2. The number of anilines is 1. The highest BCUT2D eigenvalue weighted by atomic mass is 16.5. The number of aromatic nitrogens is 1. The number of hydrogen-bond acceptors (Lipinski definition) is 6. The Morgan fingerprint density at radius 1 is 1.09 bits per heavy atom. The third-order valence-corrected chi connectivity index (χ3v) is 6.74. The zero-order valence-corrected chi connectivity index (χ0v) is 18.6. The molecule has 7 heteroatoms. The molecule has 0 saturated carbocycles. The van der Waals surface area contributed by atoms with E-state index in [1.165, 1.54) is 0 Å². The summed E-state index contributed by atoms with van der Waals surface area (Å²) in [5.74, 6) is 1.57. The van der Waals surface area contributed by atoms with E-state index in [-0.39, 0.29) is 5.91 Å². The van der Waals surface area contributed by atoms with Gasteiger partial charge in [-0.15, -0.1) is 0 Å². The fraction of sp³-hybridized carbons (Fsp3) is 0.308. The Bertz CT molecular complexity index is 1160. The second-order valence-electron chi connectivity index (χ2n) is 8.63. The van der Waals surface area contributed by atoms with Gasteiger partial charge in [0, 0.05) is 36.3 Å². The molecule has 2 N–H and O–H groups in total. The Hall–Kier alpha value is -3.58. The van der Waals surface area contributed by atoms with Gasteiger partial charge in [0.05, 0.1) is 12.5 Å². The first-order valence-electron chi connectivity index (χ1n) is 11.1. The van der Waals surface area contributed by atoms with E-state index in [9.17, 15) is 9.90 Å². The highest BCUT2D eigenvalue weighted by molar-refractivity contribution is 6.06. The summed E-state index contributed by atoms with van der Waals surface area (Å²) >= 11 is 0. The van der Waals surface area contributed by atoms with Crippen LogP contribution in [0.25, 0.3) is 0 Å². The Balaban J connectivity index is 1.34. The lowest BCUT2D eigenvalue weighted by Crippen LogP contribution is -2.46. The van der Waals surface area contributed by atoms with E-state index in [1.807, 2.05) is 42.5 Å². The normalized spacial score (nSPS) is 16.9. The van der Waals surface area contributed by atoms with Crippen LogP contribution in [0.5, 0.6) is 17.2 Å². The van der Waals surface area contributed by atoms with Gasteiger partial charge in [-0.1, -0.05) is 18.2 Å². The first-order chi connectivity index (χ1) is 16.1. The molecule has 0 aliphatic carbocycles. The number of piperidine rings is 1. The van der Waals surface area contributed by atoms with Crippen molar-refractivity contribution in [3.63, 3.8) is 0 Å². The van der Waals surface area contributed by atoms with Gasteiger partial charge in [-0.3, -0.25) is 14.7 Å². The number of hydrogen-bond donors (Lipinski definition) is 2. The number of ether oxygens (including phenoxy) is 2. The smallest absolute Gasteiger partial charge is 0.235 e. The van der Waals surface area contributed by atoms with Crippen molar-refractivity contribution in [3.05, 3.63) is 77.6 Å². The molecule has 1 saturated heterocycles. The molecular weight excluding hydrogens is 418 g/mol. The Kier molecular flexibility index (Phi) is 5.64. The van der Waals surface area contributed by atoms with Gasteiger partial charge in [-0.25, -0.2) is 0 Å². The van der Waals surface area contributed by atoms with Crippen molar-refractivity contribution in [1.82, 2.24) is 9.88 Å². The average Bonchev–Trinajstić information content (AvgIpc) is 3.10. The number of phenols is 1. The average molecular weight is 446 g/mol. The van der Waals surface area contributed by atoms with Gasteiger partial charge < -0.3 is 19.9 Å². The zero-order chi connectivity index (χ0) is 22.8. The van der Waals surface area contributed by atoms with Crippen LogP contribution in [-0.2, 0) is 23.4 Å². The molecular formula is C26H27N3O4. The quantitative estimate of drug-likeness (QED) is 0.600. The number of carbonyl (C=O) groups excluding carboxylic acids is 1. The second-order valence-corrected chi connectivity index (χ2v) is 8.63. The summed E-state index contributed by atoms with van der Waals surface area (Å²) in [5.41, 5.74) is 3.11. The van der Waals surface area contributed by atoms with Crippen molar-refractivity contribution in [2.45, 2.75) is 31.4 Å². The van der Waals surface area contributed by atoms with Crippen LogP contribution in [0.15, 0.2) is 60.9 Å². The fourth-order valence-electron chi connectivity index (χ4n) is 4.81. The SMILES string of the molecule is COc1cc2c(cc1OCc1ccncc1)NC(=O)C21CCN(Cc2ccccc2O)CC1. The predicted octanol–water partition coefficient (Wildman–Crippen LogP) is 3.86. The van der Waals surface area contributed by atoms with Gasteiger partial charge in [0.2, 0.25) is 5.91 Å². The summed E-state index contributed by atoms with van der Waals surface area (Å²) in [4.78, 5) is 19.5. The maximum atomic E-state index is 13.2. The molecule has 1 amide bonds. The minimum atomic E-state index is -0.568. The molecule has 0 atom stereocenters. The molecule has 0 unspecified atom stereocenters. The zero-order valence-electron chi connectivity index (χ0n) is 18.6. The molecule has 2 aromatic carbocycles. The molecule has 3 aromatic rings. The maximum Gasteiger partial charge on any atom is 0.235 e. The molecule has 1 spiro atoms. The van der Waals surface area contributed by atoms with Gasteiger partial charge in [-0.2, -0.15) is 0 Å². The van der Waals surface area contributed by atoms with E-state index in [4.69, 9.17) is 9.47 Å². The number of benzene rings is 2.